The summed E-state index contributed by atoms with van der Waals surface area (Å²) in [5.74, 6) is -0.0455. The molecule has 92 valence electrons. The number of hydrogen-bond donors (Lipinski definition) is 1. The minimum atomic E-state index is -0.0455. The van der Waals surface area contributed by atoms with Crippen LogP contribution in [-0.4, -0.2) is 31.8 Å². The molecular weight excluding hydrogens is 230 g/mol. The fourth-order valence-corrected chi connectivity index (χ4v) is 2.00. The first-order valence-corrected chi connectivity index (χ1v) is 5.75. The number of carbonyl (C=O) groups excluding carboxylic acids is 2. The van der Waals surface area contributed by atoms with Crippen LogP contribution in [0.25, 0.3) is 0 Å². The summed E-state index contributed by atoms with van der Waals surface area (Å²) in [4.78, 5) is 24.1. The predicted molar refractivity (Wildman–Crippen MR) is 66.4 cm³/mol. The number of anilines is 1. The molecule has 0 spiro atoms. The number of hydrogen-bond acceptors (Lipinski definition) is 4. The Bertz CT molecular complexity index is 519. The van der Waals surface area contributed by atoms with Gasteiger partial charge in [-0.05, 0) is 24.6 Å². The summed E-state index contributed by atoms with van der Waals surface area (Å²) in [7, 11) is 0. The molecule has 0 unspecified atom stereocenters. The van der Waals surface area contributed by atoms with Gasteiger partial charge in [0.1, 0.15) is 12.4 Å². The highest BCUT2D eigenvalue weighted by molar-refractivity contribution is 5.83. The number of amides is 1. The Kier molecular flexibility index (Phi) is 3.58. The predicted octanol–water partition coefficient (Wildman–Crippen LogP) is 0.697. The number of rotatable bonds is 2. The topological polar surface area (TPSA) is 73.2 Å². The third-order valence-electron chi connectivity index (χ3n) is 2.88. The van der Waals surface area contributed by atoms with Gasteiger partial charge in [-0.1, -0.05) is 0 Å². The maximum absolute atomic E-state index is 11.5. The monoisotopic (exact) mass is 243 g/mol. The highest BCUT2D eigenvalue weighted by atomic mass is 16.2. The second-order valence-corrected chi connectivity index (χ2v) is 4.13. The van der Waals surface area contributed by atoms with Gasteiger partial charge in [-0.25, -0.2) is 0 Å². The number of nitrogens with zero attached hydrogens (tertiary/aromatic N) is 2. The molecule has 0 saturated carbocycles. The number of nitrogens with one attached hydrogen (secondary N) is 1. The molecule has 5 heteroatoms. The standard InChI is InChI=1S/C13H13N3O2/c14-7-11-6-10(9-17)2-3-12(11)16-5-1-4-15-13(18)8-16/h2-3,6,9H,1,4-5,8H2,(H,15,18). The first kappa shape index (κ1) is 12.1. The first-order chi connectivity index (χ1) is 8.74. The van der Waals surface area contributed by atoms with Gasteiger partial charge < -0.3 is 10.2 Å². The lowest BCUT2D eigenvalue weighted by atomic mass is 10.1. The van der Waals surface area contributed by atoms with E-state index in [1.54, 1.807) is 18.2 Å². The van der Waals surface area contributed by atoms with Crippen LogP contribution in [0.15, 0.2) is 18.2 Å². The smallest absolute Gasteiger partial charge is 0.239 e. The van der Waals surface area contributed by atoms with E-state index >= 15 is 0 Å². The molecule has 1 heterocycles. The van der Waals surface area contributed by atoms with Crippen molar-refractivity contribution < 1.29 is 9.59 Å². The van der Waals surface area contributed by atoms with Crippen LogP contribution in [0.1, 0.15) is 22.3 Å². The van der Waals surface area contributed by atoms with E-state index in [9.17, 15) is 9.59 Å². The molecule has 0 aliphatic carbocycles. The maximum Gasteiger partial charge on any atom is 0.239 e. The molecular formula is C13H13N3O2. The molecule has 1 aliphatic rings. The Labute approximate surface area is 105 Å². The zero-order chi connectivity index (χ0) is 13.0. The van der Waals surface area contributed by atoms with Crippen LogP contribution in [0, 0.1) is 11.3 Å². The van der Waals surface area contributed by atoms with E-state index < -0.39 is 0 Å². The molecule has 1 aromatic rings. The van der Waals surface area contributed by atoms with E-state index in [1.165, 1.54) is 0 Å². The van der Waals surface area contributed by atoms with E-state index in [1.807, 2.05) is 4.90 Å². The second-order valence-electron chi connectivity index (χ2n) is 4.13. The summed E-state index contributed by atoms with van der Waals surface area (Å²) < 4.78 is 0. The van der Waals surface area contributed by atoms with Gasteiger partial charge >= 0.3 is 0 Å². The lowest BCUT2D eigenvalue weighted by Crippen LogP contribution is -2.33. The maximum atomic E-state index is 11.5. The van der Waals surface area contributed by atoms with Crippen molar-refractivity contribution in [3.63, 3.8) is 0 Å². The van der Waals surface area contributed by atoms with Gasteiger partial charge in [0.15, 0.2) is 0 Å². The Morgan fingerprint density at radius 1 is 1.44 bits per heavy atom. The van der Waals surface area contributed by atoms with Gasteiger partial charge in [-0.3, -0.25) is 9.59 Å². The van der Waals surface area contributed by atoms with Gasteiger partial charge in [0.2, 0.25) is 5.91 Å². The van der Waals surface area contributed by atoms with Crippen LogP contribution in [0.5, 0.6) is 0 Å². The van der Waals surface area contributed by atoms with E-state index in [-0.39, 0.29) is 12.5 Å². The molecule has 0 atom stereocenters. The van der Waals surface area contributed by atoms with Crippen LogP contribution in [0.4, 0.5) is 5.69 Å². The number of benzene rings is 1. The van der Waals surface area contributed by atoms with Crippen molar-refractivity contribution in [2.24, 2.45) is 0 Å². The summed E-state index contributed by atoms with van der Waals surface area (Å²) in [5, 5.41) is 11.9. The minimum absolute atomic E-state index is 0.0455. The van der Waals surface area contributed by atoms with E-state index in [0.29, 0.717) is 36.2 Å². The summed E-state index contributed by atoms with van der Waals surface area (Å²) in [6, 6.07) is 7.00. The van der Waals surface area contributed by atoms with Crippen LogP contribution < -0.4 is 10.2 Å². The molecule has 1 N–H and O–H groups in total. The van der Waals surface area contributed by atoms with Crippen molar-refractivity contribution in [1.29, 1.82) is 5.26 Å². The van der Waals surface area contributed by atoms with Crippen molar-refractivity contribution >= 4 is 17.9 Å². The van der Waals surface area contributed by atoms with Gasteiger partial charge in [0, 0.05) is 18.7 Å². The normalized spacial score (nSPS) is 15.5. The second kappa shape index (κ2) is 5.32. The van der Waals surface area contributed by atoms with Gasteiger partial charge in [-0.15, -0.1) is 0 Å². The lowest BCUT2D eigenvalue weighted by molar-refractivity contribution is -0.119. The number of carbonyl (C=O) groups is 2. The third kappa shape index (κ3) is 2.48. The Hall–Kier alpha value is -2.35. The summed E-state index contributed by atoms with van der Waals surface area (Å²) in [6.45, 7) is 1.62. The van der Waals surface area contributed by atoms with Crippen molar-refractivity contribution in [2.45, 2.75) is 6.42 Å². The van der Waals surface area contributed by atoms with E-state index in [4.69, 9.17) is 5.26 Å². The Balaban J connectivity index is 2.34. The van der Waals surface area contributed by atoms with Crippen molar-refractivity contribution in [2.75, 3.05) is 24.5 Å². The SMILES string of the molecule is N#Cc1cc(C=O)ccc1N1CCCNC(=O)C1. The third-order valence-corrected chi connectivity index (χ3v) is 2.88. The molecule has 1 saturated heterocycles. The first-order valence-electron chi connectivity index (χ1n) is 5.75. The van der Waals surface area contributed by atoms with Crippen LogP contribution >= 0.6 is 0 Å². The minimum Gasteiger partial charge on any atom is -0.361 e. The molecule has 0 aromatic heterocycles. The molecule has 2 rings (SSSR count). The number of nitriles is 1. The molecule has 1 fully saturated rings. The summed E-state index contributed by atoms with van der Waals surface area (Å²) in [6.07, 6.45) is 1.55. The highest BCUT2D eigenvalue weighted by Crippen LogP contribution is 2.21. The lowest BCUT2D eigenvalue weighted by Gasteiger charge is -2.22. The zero-order valence-corrected chi connectivity index (χ0v) is 9.85. The van der Waals surface area contributed by atoms with Crippen molar-refractivity contribution in [3.05, 3.63) is 29.3 Å². The van der Waals surface area contributed by atoms with Crippen LogP contribution in [0.2, 0.25) is 0 Å². The average Bonchev–Trinajstić information content (AvgIpc) is 2.62. The molecule has 1 aromatic carbocycles. The van der Waals surface area contributed by atoms with Crippen LogP contribution in [0.3, 0.4) is 0 Å². The fraction of sp³-hybridized carbons (Fsp3) is 0.308. The molecule has 0 radical (unpaired) electrons. The van der Waals surface area contributed by atoms with Crippen LogP contribution in [-0.2, 0) is 4.79 Å². The highest BCUT2D eigenvalue weighted by Gasteiger charge is 2.17. The molecule has 0 bridgehead atoms. The Morgan fingerprint density at radius 2 is 2.28 bits per heavy atom. The van der Waals surface area contributed by atoms with E-state index in [0.717, 1.165) is 6.42 Å². The summed E-state index contributed by atoms with van der Waals surface area (Å²) in [5.41, 5.74) is 1.60. The zero-order valence-electron chi connectivity index (χ0n) is 9.85. The summed E-state index contributed by atoms with van der Waals surface area (Å²) >= 11 is 0. The largest absolute Gasteiger partial charge is 0.361 e. The molecule has 1 amide bonds. The van der Waals surface area contributed by atoms with E-state index in [2.05, 4.69) is 11.4 Å². The quantitative estimate of drug-likeness (QED) is 0.776. The Morgan fingerprint density at radius 3 is 3.00 bits per heavy atom. The molecule has 1 aliphatic heterocycles. The van der Waals surface area contributed by atoms with Crippen molar-refractivity contribution in [3.8, 4) is 6.07 Å². The number of aldehydes is 1. The van der Waals surface area contributed by atoms with Gasteiger partial charge in [0.25, 0.3) is 0 Å². The van der Waals surface area contributed by atoms with Crippen molar-refractivity contribution in [1.82, 2.24) is 5.32 Å². The molecule has 5 nitrogen and oxygen atoms in total. The van der Waals surface area contributed by atoms with Gasteiger partial charge in [0.05, 0.1) is 17.8 Å². The fourth-order valence-electron chi connectivity index (χ4n) is 2.00. The van der Waals surface area contributed by atoms with Gasteiger partial charge in [-0.2, -0.15) is 5.26 Å². The average molecular weight is 243 g/mol. The molecule has 18 heavy (non-hydrogen) atoms.